The summed E-state index contributed by atoms with van der Waals surface area (Å²) in [7, 11) is 0. The van der Waals surface area contributed by atoms with Crippen LogP contribution in [-0.2, 0) is 16.1 Å². The van der Waals surface area contributed by atoms with Crippen molar-refractivity contribution in [3.63, 3.8) is 0 Å². The van der Waals surface area contributed by atoms with Gasteiger partial charge in [-0.15, -0.1) is 0 Å². The molecule has 0 bridgehead atoms. The minimum Gasteiger partial charge on any atom is -0.350 e. The van der Waals surface area contributed by atoms with E-state index in [0.29, 0.717) is 17.2 Å². The van der Waals surface area contributed by atoms with Gasteiger partial charge in [0.05, 0.1) is 6.54 Å². The highest BCUT2D eigenvalue weighted by atomic mass is 35.5. The molecule has 6 nitrogen and oxygen atoms in total. The summed E-state index contributed by atoms with van der Waals surface area (Å²) in [4.78, 5) is 41.3. The van der Waals surface area contributed by atoms with E-state index in [1.165, 1.54) is 0 Å². The van der Waals surface area contributed by atoms with Crippen molar-refractivity contribution in [2.45, 2.75) is 26.3 Å². The molecule has 2 aliphatic rings. The summed E-state index contributed by atoms with van der Waals surface area (Å²) in [5.74, 6) is -0.566. The van der Waals surface area contributed by atoms with Crippen LogP contribution in [0, 0.1) is 5.92 Å². The Kier molecular flexibility index (Phi) is 6.09. The fraction of sp³-hybridized carbons (Fsp3) is 0.292. The Bertz CT molecular complexity index is 1050. The van der Waals surface area contributed by atoms with Crippen LogP contribution in [0.2, 0.25) is 0 Å². The number of halogens is 1. The molecular weight excluding hydrogens is 414 g/mol. The first-order valence-electron chi connectivity index (χ1n) is 10.4. The van der Waals surface area contributed by atoms with Crippen LogP contribution < -0.4 is 5.32 Å². The summed E-state index contributed by atoms with van der Waals surface area (Å²) < 4.78 is 0. The van der Waals surface area contributed by atoms with E-state index in [0.717, 1.165) is 36.4 Å². The van der Waals surface area contributed by atoms with Crippen molar-refractivity contribution in [3.05, 3.63) is 76.5 Å². The Morgan fingerprint density at radius 2 is 1.87 bits per heavy atom. The van der Waals surface area contributed by atoms with Gasteiger partial charge in [0.2, 0.25) is 0 Å². The van der Waals surface area contributed by atoms with Gasteiger partial charge in [-0.05, 0) is 42.5 Å². The number of carbonyl (C=O) groups is 3. The van der Waals surface area contributed by atoms with Crippen molar-refractivity contribution in [2.75, 3.05) is 18.4 Å². The molecule has 0 aromatic heterocycles. The molecule has 4 rings (SSSR count). The number of amides is 3. The van der Waals surface area contributed by atoms with E-state index in [2.05, 4.69) is 12.2 Å². The Hall–Kier alpha value is -3.12. The van der Waals surface area contributed by atoms with E-state index in [-0.39, 0.29) is 23.2 Å². The molecule has 1 saturated heterocycles. The van der Waals surface area contributed by atoms with Crippen LogP contribution in [0.25, 0.3) is 0 Å². The second-order valence-corrected chi connectivity index (χ2v) is 8.45. The first-order chi connectivity index (χ1) is 14.9. The van der Waals surface area contributed by atoms with Gasteiger partial charge in [0.25, 0.3) is 17.7 Å². The van der Waals surface area contributed by atoms with Crippen LogP contribution in [0.15, 0.2) is 65.3 Å². The van der Waals surface area contributed by atoms with Gasteiger partial charge in [0, 0.05) is 24.3 Å². The van der Waals surface area contributed by atoms with Crippen LogP contribution in [-0.4, -0.2) is 40.6 Å². The molecule has 0 spiro atoms. The van der Waals surface area contributed by atoms with Crippen molar-refractivity contribution >= 4 is 35.0 Å². The Morgan fingerprint density at radius 3 is 2.61 bits per heavy atom. The van der Waals surface area contributed by atoms with Gasteiger partial charge < -0.3 is 10.2 Å². The largest absolute Gasteiger partial charge is 0.350 e. The van der Waals surface area contributed by atoms with Gasteiger partial charge >= 0.3 is 0 Å². The van der Waals surface area contributed by atoms with Crippen LogP contribution in [0.4, 0.5) is 5.69 Å². The third kappa shape index (κ3) is 4.49. The number of carbonyl (C=O) groups excluding carboxylic acids is 3. The highest BCUT2D eigenvalue weighted by Crippen LogP contribution is 2.27. The average Bonchev–Trinajstić information content (AvgIpc) is 2.98. The summed E-state index contributed by atoms with van der Waals surface area (Å²) in [6, 6.07) is 16.2. The molecule has 3 amide bonds. The molecule has 7 heteroatoms. The molecule has 1 atom stereocenters. The fourth-order valence-electron chi connectivity index (χ4n) is 4.00. The Morgan fingerprint density at radius 1 is 1.10 bits per heavy atom. The van der Waals surface area contributed by atoms with Crippen molar-refractivity contribution < 1.29 is 14.4 Å². The lowest BCUT2D eigenvalue weighted by Crippen LogP contribution is -2.39. The van der Waals surface area contributed by atoms with E-state index >= 15 is 0 Å². The summed E-state index contributed by atoms with van der Waals surface area (Å²) in [6.45, 7) is 3.79. The average molecular weight is 438 g/mol. The quantitative estimate of drug-likeness (QED) is 0.718. The molecule has 1 fully saturated rings. The van der Waals surface area contributed by atoms with E-state index < -0.39 is 11.8 Å². The number of imide groups is 1. The Labute approximate surface area is 186 Å². The predicted molar refractivity (Wildman–Crippen MR) is 119 cm³/mol. The van der Waals surface area contributed by atoms with E-state index in [9.17, 15) is 14.4 Å². The number of nitrogens with one attached hydrogen (secondary N) is 1. The van der Waals surface area contributed by atoms with Crippen molar-refractivity contribution in [1.82, 2.24) is 9.80 Å². The highest BCUT2D eigenvalue weighted by Gasteiger charge is 2.37. The number of likely N-dealkylation sites (tertiary alicyclic amines) is 1. The van der Waals surface area contributed by atoms with Crippen LogP contribution in [0.5, 0.6) is 0 Å². The normalized spacial score (nSPS) is 19.2. The highest BCUT2D eigenvalue weighted by molar-refractivity contribution is 6.48. The molecule has 2 aromatic rings. The fourth-order valence-corrected chi connectivity index (χ4v) is 4.23. The zero-order valence-corrected chi connectivity index (χ0v) is 18.1. The standard InChI is InChI=1S/C24H24ClN3O3/c1-16-7-6-12-27(14-16)22(29)18-10-5-11-19(13-18)26-21-20(25)23(30)28(24(21)31)15-17-8-3-2-4-9-17/h2-5,8-11,13,16,26H,6-7,12,14-15H2,1H3/t16-/m1/s1. The maximum atomic E-state index is 12.9. The molecule has 0 saturated carbocycles. The molecule has 0 aliphatic carbocycles. The number of benzene rings is 2. The monoisotopic (exact) mass is 437 g/mol. The summed E-state index contributed by atoms with van der Waals surface area (Å²) in [5.41, 5.74) is 1.93. The maximum Gasteiger partial charge on any atom is 0.279 e. The summed E-state index contributed by atoms with van der Waals surface area (Å²) in [6.07, 6.45) is 2.13. The number of nitrogens with zero attached hydrogens (tertiary/aromatic N) is 2. The summed E-state index contributed by atoms with van der Waals surface area (Å²) >= 11 is 6.20. The van der Waals surface area contributed by atoms with Gasteiger partial charge in [0.15, 0.2) is 0 Å². The van der Waals surface area contributed by atoms with Crippen LogP contribution in [0.1, 0.15) is 35.7 Å². The smallest absolute Gasteiger partial charge is 0.279 e. The number of hydrogen-bond donors (Lipinski definition) is 1. The van der Waals surface area contributed by atoms with E-state index in [1.807, 2.05) is 35.2 Å². The van der Waals surface area contributed by atoms with Crippen molar-refractivity contribution in [2.24, 2.45) is 5.92 Å². The van der Waals surface area contributed by atoms with Crippen molar-refractivity contribution in [3.8, 4) is 0 Å². The molecule has 2 aliphatic heterocycles. The molecule has 0 radical (unpaired) electrons. The third-order valence-electron chi connectivity index (χ3n) is 5.62. The zero-order valence-electron chi connectivity index (χ0n) is 17.3. The molecular formula is C24H24ClN3O3. The van der Waals surface area contributed by atoms with Gasteiger partial charge in [-0.25, -0.2) is 0 Å². The van der Waals surface area contributed by atoms with Gasteiger partial charge in [-0.2, -0.15) is 0 Å². The number of anilines is 1. The van der Waals surface area contributed by atoms with Crippen molar-refractivity contribution in [1.29, 1.82) is 0 Å². The van der Waals surface area contributed by atoms with E-state index in [4.69, 9.17) is 11.6 Å². The maximum absolute atomic E-state index is 12.9. The van der Waals surface area contributed by atoms with E-state index in [1.54, 1.807) is 24.3 Å². The summed E-state index contributed by atoms with van der Waals surface area (Å²) in [5, 5.41) is 2.81. The second kappa shape index (κ2) is 8.94. The molecule has 160 valence electrons. The lowest BCUT2D eigenvalue weighted by Gasteiger charge is -2.31. The molecule has 2 aromatic carbocycles. The van der Waals surface area contributed by atoms with Gasteiger partial charge in [-0.1, -0.05) is 54.9 Å². The lowest BCUT2D eigenvalue weighted by molar-refractivity contribution is -0.138. The third-order valence-corrected chi connectivity index (χ3v) is 5.97. The zero-order chi connectivity index (χ0) is 22.0. The van der Waals surface area contributed by atoms with Gasteiger partial charge in [0.1, 0.15) is 10.7 Å². The number of piperidine rings is 1. The Balaban J connectivity index is 1.50. The minimum atomic E-state index is -0.535. The molecule has 1 N–H and O–H groups in total. The first kappa shape index (κ1) is 21.1. The first-order valence-corrected chi connectivity index (χ1v) is 10.8. The lowest BCUT2D eigenvalue weighted by atomic mass is 9.99. The van der Waals surface area contributed by atoms with Gasteiger partial charge in [-0.3, -0.25) is 19.3 Å². The predicted octanol–water partition coefficient (Wildman–Crippen LogP) is 3.99. The molecule has 31 heavy (non-hydrogen) atoms. The molecule has 2 heterocycles. The molecule has 0 unspecified atom stereocenters. The minimum absolute atomic E-state index is 0.0267. The topological polar surface area (TPSA) is 69.7 Å². The van der Waals surface area contributed by atoms with Crippen LogP contribution >= 0.6 is 11.6 Å². The SMILES string of the molecule is C[C@@H]1CCCN(C(=O)c2cccc(NC3=C(Cl)C(=O)N(Cc4ccccc4)C3=O)c2)C1. The second-order valence-electron chi connectivity index (χ2n) is 8.08. The number of hydrogen-bond acceptors (Lipinski definition) is 4. The van der Waals surface area contributed by atoms with Crippen LogP contribution in [0.3, 0.4) is 0 Å². The number of rotatable bonds is 5.